The van der Waals surface area contributed by atoms with Gasteiger partial charge in [-0.1, -0.05) is 51.4 Å². The van der Waals surface area contributed by atoms with E-state index in [1.807, 2.05) is 47.1 Å². The summed E-state index contributed by atoms with van der Waals surface area (Å²) in [5, 5.41) is 12.5. The third-order valence-corrected chi connectivity index (χ3v) is 4.75. The Hall–Kier alpha value is -2.54. The molecule has 0 N–H and O–H groups in total. The minimum absolute atomic E-state index is 0.564. The third-order valence-electron chi connectivity index (χ3n) is 3.98. The molecule has 0 saturated heterocycles. The molecule has 4 aromatic rings. The van der Waals surface area contributed by atoms with Gasteiger partial charge in [0, 0.05) is 16.6 Å². The summed E-state index contributed by atoms with van der Waals surface area (Å²) in [6.07, 6.45) is 1.60. The zero-order chi connectivity index (χ0) is 17.2. The maximum Gasteiger partial charge on any atom is 0.231 e. The second-order valence-corrected chi connectivity index (χ2v) is 6.65. The van der Waals surface area contributed by atoms with Crippen molar-refractivity contribution in [3.05, 3.63) is 58.4 Å². The molecule has 0 aliphatic heterocycles. The van der Waals surface area contributed by atoms with Crippen LogP contribution >= 0.6 is 15.9 Å². The highest BCUT2D eigenvalue weighted by Gasteiger charge is 2.12. The first-order valence-electron chi connectivity index (χ1n) is 8.14. The lowest BCUT2D eigenvalue weighted by atomic mass is 10.1. The molecule has 2 heterocycles. The quantitative estimate of drug-likeness (QED) is 0.503. The lowest BCUT2D eigenvalue weighted by Crippen LogP contribution is -1.98. The molecule has 6 nitrogen and oxygen atoms in total. The van der Waals surface area contributed by atoms with E-state index < -0.39 is 0 Å². The number of halogens is 1. The van der Waals surface area contributed by atoms with E-state index in [0.717, 1.165) is 39.6 Å². The number of fused-ring (bicyclic) bond motifs is 1. The molecule has 0 fully saturated rings. The van der Waals surface area contributed by atoms with Crippen molar-refractivity contribution in [3.8, 4) is 11.4 Å². The summed E-state index contributed by atoms with van der Waals surface area (Å²) in [5.74, 6) is 1.14. The fourth-order valence-corrected chi connectivity index (χ4v) is 3.16. The average Bonchev–Trinajstić information content (AvgIpc) is 3.24. The molecule has 2 aromatic heterocycles. The van der Waals surface area contributed by atoms with E-state index >= 15 is 0 Å². The van der Waals surface area contributed by atoms with Gasteiger partial charge < -0.3 is 4.52 Å². The first-order chi connectivity index (χ1) is 12.2. The van der Waals surface area contributed by atoms with Crippen LogP contribution in [0.5, 0.6) is 0 Å². The van der Waals surface area contributed by atoms with Gasteiger partial charge >= 0.3 is 0 Å². The Kier molecular flexibility index (Phi) is 4.31. The van der Waals surface area contributed by atoms with E-state index in [-0.39, 0.29) is 0 Å². The number of hydrogen-bond donors (Lipinski definition) is 0. The summed E-state index contributed by atoms with van der Waals surface area (Å²) in [4.78, 5) is 4.51. The molecule has 0 radical (unpaired) electrons. The monoisotopic (exact) mass is 397 g/mol. The molecule has 0 aliphatic carbocycles. The first-order valence-corrected chi connectivity index (χ1v) is 8.93. The molecule has 0 spiro atoms. The summed E-state index contributed by atoms with van der Waals surface area (Å²) in [6.45, 7) is 2.97. The fourth-order valence-electron chi connectivity index (χ4n) is 2.74. The van der Waals surface area contributed by atoms with Gasteiger partial charge in [-0.3, -0.25) is 0 Å². The Morgan fingerprint density at radius 1 is 1.16 bits per heavy atom. The van der Waals surface area contributed by atoms with E-state index in [2.05, 4.69) is 43.3 Å². The van der Waals surface area contributed by atoms with Gasteiger partial charge in [0.15, 0.2) is 0 Å². The molecule has 0 bridgehead atoms. The van der Waals surface area contributed by atoms with Crippen molar-refractivity contribution in [1.82, 2.24) is 25.1 Å². The lowest BCUT2D eigenvalue weighted by Gasteiger charge is -1.99. The van der Waals surface area contributed by atoms with Gasteiger partial charge in [0.1, 0.15) is 5.52 Å². The van der Waals surface area contributed by atoms with Crippen molar-refractivity contribution in [2.24, 2.45) is 0 Å². The molecule has 0 saturated carbocycles. The Bertz CT molecular complexity index is 1020. The van der Waals surface area contributed by atoms with Gasteiger partial charge in [-0.05, 0) is 36.2 Å². The second kappa shape index (κ2) is 6.76. The fraction of sp³-hybridized carbons (Fsp3) is 0.222. The molecular formula is C18H16BrN5O. The van der Waals surface area contributed by atoms with E-state index in [0.29, 0.717) is 18.1 Å². The van der Waals surface area contributed by atoms with Gasteiger partial charge in [0.2, 0.25) is 11.7 Å². The van der Waals surface area contributed by atoms with Crippen LogP contribution in [-0.4, -0.2) is 25.1 Å². The summed E-state index contributed by atoms with van der Waals surface area (Å²) in [7, 11) is 0. The smallest absolute Gasteiger partial charge is 0.231 e. The predicted octanol–water partition coefficient (Wildman–Crippen LogP) is 4.24. The van der Waals surface area contributed by atoms with Crippen LogP contribution in [-0.2, 0) is 13.0 Å². The van der Waals surface area contributed by atoms with Gasteiger partial charge in [-0.2, -0.15) is 4.98 Å². The van der Waals surface area contributed by atoms with Gasteiger partial charge in [-0.25, -0.2) is 4.68 Å². The molecule has 0 amide bonds. The molecule has 0 aliphatic rings. The maximum absolute atomic E-state index is 5.41. The van der Waals surface area contributed by atoms with Crippen LogP contribution in [0, 0.1) is 0 Å². The highest BCUT2D eigenvalue weighted by molar-refractivity contribution is 9.10. The molecule has 0 unspecified atom stereocenters. The molecule has 126 valence electrons. The number of aryl methyl sites for hydroxylation is 1. The van der Waals surface area contributed by atoms with E-state index in [1.54, 1.807) is 0 Å². The highest BCUT2D eigenvalue weighted by Crippen LogP contribution is 2.23. The van der Waals surface area contributed by atoms with Gasteiger partial charge in [0.25, 0.3) is 0 Å². The Labute approximate surface area is 153 Å². The largest absolute Gasteiger partial charge is 0.339 e. The highest BCUT2D eigenvalue weighted by atomic mass is 79.9. The van der Waals surface area contributed by atoms with Crippen molar-refractivity contribution in [1.29, 1.82) is 0 Å². The summed E-state index contributed by atoms with van der Waals surface area (Å²) in [6, 6.07) is 13.9. The SMILES string of the molecule is CCCn1nnc2cc(-c3noc(Cc4ccccc4Br)n3)ccc21. The van der Waals surface area contributed by atoms with Crippen molar-refractivity contribution in [3.63, 3.8) is 0 Å². The first kappa shape index (κ1) is 16.0. The third kappa shape index (κ3) is 3.19. The number of hydrogen-bond acceptors (Lipinski definition) is 5. The molecule has 7 heteroatoms. The molecular weight excluding hydrogens is 382 g/mol. The Balaban J connectivity index is 1.61. The van der Waals surface area contributed by atoms with Crippen LogP contribution in [0.15, 0.2) is 51.5 Å². The normalized spacial score (nSPS) is 11.3. The number of benzene rings is 2. The van der Waals surface area contributed by atoms with Crippen LogP contribution in [0.1, 0.15) is 24.8 Å². The number of aromatic nitrogens is 5. The van der Waals surface area contributed by atoms with Gasteiger partial charge in [0.05, 0.1) is 11.9 Å². The van der Waals surface area contributed by atoms with Crippen LogP contribution in [0.3, 0.4) is 0 Å². The Morgan fingerprint density at radius 2 is 2.04 bits per heavy atom. The Morgan fingerprint density at radius 3 is 2.88 bits per heavy atom. The minimum atomic E-state index is 0.564. The minimum Gasteiger partial charge on any atom is -0.339 e. The van der Waals surface area contributed by atoms with Crippen LogP contribution in [0.25, 0.3) is 22.4 Å². The summed E-state index contributed by atoms with van der Waals surface area (Å²) >= 11 is 3.54. The number of nitrogens with zero attached hydrogens (tertiary/aromatic N) is 5. The van der Waals surface area contributed by atoms with Crippen molar-refractivity contribution in [2.75, 3.05) is 0 Å². The van der Waals surface area contributed by atoms with Crippen molar-refractivity contribution >= 4 is 27.0 Å². The summed E-state index contributed by atoms with van der Waals surface area (Å²) < 4.78 is 8.35. The predicted molar refractivity (Wildman–Crippen MR) is 98.1 cm³/mol. The maximum atomic E-state index is 5.41. The van der Waals surface area contributed by atoms with Crippen molar-refractivity contribution < 1.29 is 4.52 Å². The van der Waals surface area contributed by atoms with Crippen LogP contribution < -0.4 is 0 Å². The number of rotatable bonds is 5. The van der Waals surface area contributed by atoms with Crippen LogP contribution in [0.4, 0.5) is 0 Å². The zero-order valence-electron chi connectivity index (χ0n) is 13.7. The zero-order valence-corrected chi connectivity index (χ0v) is 15.3. The lowest BCUT2D eigenvalue weighted by molar-refractivity contribution is 0.385. The van der Waals surface area contributed by atoms with E-state index in [1.165, 1.54) is 0 Å². The van der Waals surface area contributed by atoms with Crippen molar-refractivity contribution in [2.45, 2.75) is 26.3 Å². The van der Waals surface area contributed by atoms with E-state index in [4.69, 9.17) is 4.52 Å². The molecule has 2 aromatic carbocycles. The summed E-state index contributed by atoms with van der Waals surface area (Å²) in [5.41, 5.74) is 3.83. The molecule has 4 rings (SSSR count). The second-order valence-electron chi connectivity index (χ2n) is 5.80. The van der Waals surface area contributed by atoms with Crippen LogP contribution in [0.2, 0.25) is 0 Å². The van der Waals surface area contributed by atoms with E-state index in [9.17, 15) is 0 Å². The topological polar surface area (TPSA) is 69.6 Å². The standard InChI is InChI=1S/C18H16BrN5O/c1-2-9-24-16-8-7-13(10-15(16)21-23-24)18-20-17(25-22-18)11-12-5-3-4-6-14(12)19/h3-8,10H,2,9,11H2,1H3. The molecule has 0 atom stereocenters. The van der Waals surface area contributed by atoms with Gasteiger partial charge in [-0.15, -0.1) is 5.10 Å². The molecule has 25 heavy (non-hydrogen) atoms. The average molecular weight is 398 g/mol.